The molecule has 0 fully saturated rings. The summed E-state index contributed by atoms with van der Waals surface area (Å²) in [4.78, 5) is 17.3. The first kappa shape index (κ1) is 14.3. The van der Waals surface area contributed by atoms with Gasteiger partial charge in [-0.05, 0) is 29.8 Å². The second-order valence-electron chi connectivity index (χ2n) is 4.46. The fraction of sp³-hybridized carbons (Fsp3) is 0.143. The number of aromatic nitrogens is 1. The number of hydrogen-bond acceptors (Lipinski definition) is 4. The number of primary amides is 1. The van der Waals surface area contributed by atoms with Gasteiger partial charge in [0.2, 0.25) is 0 Å². The van der Waals surface area contributed by atoms with Crippen molar-refractivity contribution in [2.24, 2.45) is 5.73 Å². The third kappa shape index (κ3) is 3.27. The summed E-state index contributed by atoms with van der Waals surface area (Å²) in [5.74, 6) is -0.0208. The van der Waals surface area contributed by atoms with Crippen LogP contribution in [0.4, 0.5) is 11.5 Å². The van der Waals surface area contributed by atoms with Crippen molar-refractivity contribution in [1.29, 1.82) is 0 Å². The van der Waals surface area contributed by atoms with Gasteiger partial charge in [0.1, 0.15) is 5.69 Å². The van der Waals surface area contributed by atoms with Crippen LogP contribution >= 0.6 is 15.9 Å². The topological polar surface area (TPSA) is 85.2 Å². The predicted octanol–water partition coefficient (Wildman–Crippen LogP) is 2.16. The Hall–Kier alpha value is -2.08. The summed E-state index contributed by atoms with van der Waals surface area (Å²) in [7, 11) is 1.87. The van der Waals surface area contributed by atoms with Crippen LogP contribution < -0.4 is 16.4 Å². The number of rotatable bonds is 4. The van der Waals surface area contributed by atoms with Crippen LogP contribution in [0.25, 0.3) is 0 Å². The lowest BCUT2D eigenvalue weighted by Gasteiger charge is -2.20. The zero-order valence-corrected chi connectivity index (χ0v) is 12.6. The van der Waals surface area contributed by atoms with Gasteiger partial charge in [-0.15, -0.1) is 0 Å². The van der Waals surface area contributed by atoms with Gasteiger partial charge in [-0.3, -0.25) is 4.79 Å². The van der Waals surface area contributed by atoms with E-state index in [2.05, 4.69) is 20.9 Å². The smallest absolute Gasteiger partial charge is 0.267 e. The molecule has 4 N–H and O–H groups in total. The van der Waals surface area contributed by atoms with E-state index in [1.165, 1.54) is 6.07 Å². The number of hydrogen-bond donors (Lipinski definition) is 2. The number of amides is 1. The summed E-state index contributed by atoms with van der Waals surface area (Å²) in [6.07, 6.45) is 0. The average Bonchev–Trinajstić information content (AvgIpc) is 2.41. The summed E-state index contributed by atoms with van der Waals surface area (Å²) in [6.45, 7) is 0.632. The van der Waals surface area contributed by atoms with Gasteiger partial charge in [-0.25, -0.2) is 4.98 Å². The van der Waals surface area contributed by atoms with Gasteiger partial charge >= 0.3 is 0 Å². The highest BCUT2D eigenvalue weighted by atomic mass is 79.9. The van der Waals surface area contributed by atoms with E-state index in [0.717, 1.165) is 10.0 Å². The molecule has 0 radical (unpaired) electrons. The molecule has 0 spiro atoms. The van der Waals surface area contributed by atoms with Crippen LogP contribution in [0.3, 0.4) is 0 Å². The number of halogens is 1. The van der Waals surface area contributed by atoms with Crippen molar-refractivity contribution in [3.8, 4) is 0 Å². The van der Waals surface area contributed by atoms with Crippen molar-refractivity contribution in [2.75, 3.05) is 17.7 Å². The Morgan fingerprint density at radius 2 is 1.90 bits per heavy atom. The van der Waals surface area contributed by atoms with Gasteiger partial charge in [0.05, 0.1) is 5.69 Å². The van der Waals surface area contributed by atoms with E-state index >= 15 is 0 Å². The molecule has 0 atom stereocenters. The Bertz CT molecular complexity index is 628. The monoisotopic (exact) mass is 334 g/mol. The van der Waals surface area contributed by atoms with Crippen LogP contribution in [0.15, 0.2) is 40.9 Å². The minimum atomic E-state index is -0.566. The zero-order chi connectivity index (χ0) is 14.7. The summed E-state index contributed by atoms with van der Waals surface area (Å²) in [5.41, 5.74) is 13.0. The largest absolute Gasteiger partial charge is 0.396 e. The van der Waals surface area contributed by atoms with Gasteiger partial charge in [-0.1, -0.05) is 28.1 Å². The summed E-state index contributed by atoms with van der Waals surface area (Å²) in [6, 6.07) is 11.1. The maximum Gasteiger partial charge on any atom is 0.267 e. The number of nitrogens with zero attached hydrogens (tertiary/aromatic N) is 2. The predicted molar refractivity (Wildman–Crippen MR) is 83.4 cm³/mol. The molecule has 5 nitrogen and oxygen atoms in total. The first-order valence-corrected chi connectivity index (χ1v) is 6.78. The van der Waals surface area contributed by atoms with Gasteiger partial charge in [0.15, 0.2) is 5.82 Å². The van der Waals surface area contributed by atoms with Gasteiger partial charge in [0.25, 0.3) is 5.91 Å². The minimum Gasteiger partial charge on any atom is -0.396 e. The molecule has 0 aliphatic carbocycles. The number of nitrogen functional groups attached to an aromatic ring is 1. The van der Waals surface area contributed by atoms with Crippen molar-refractivity contribution in [3.63, 3.8) is 0 Å². The molecule has 2 aromatic rings. The highest BCUT2D eigenvalue weighted by Gasteiger charge is 2.11. The lowest BCUT2D eigenvalue weighted by molar-refractivity contribution is 0.0995. The molecule has 1 amide bonds. The number of anilines is 2. The van der Waals surface area contributed by atoms with Crippen molar-refractivity contribution in [3.05, 3.63) is 52.1 Å². The van der Waals surface area contributed by atoms with Gasteiger partial charge in [0, 0.05) is 18.1 Å². The Balaban J connectivity index is 2.24. The maximum absolute atomic E-state index is 11.2. The molecule has 6 heteroatoms. The van der Waals surface area contributed by atoms with Gasteiger partial charge < -0.3 is 16.4 Å². The first-order chi connectivity index (χ1) is 9.47. The standard InChI is InChI=1S/C14H15BrN4O/c1-19(8-9-2-4-10(15)5-3-9)14-11(16)6-7-12(18-14)13(17)20/h2-7H,8,16H2,1H3,(H2,17,20). The number of benzene rings is 1. The van der Waals surface area contributed by atoms with Crippen molar-refractivity contribution in [2.45, 2.75) is 6.54 Å². The van der Waals surface area contributed by atoms with E-state index in [4.69, 9.17) is 11.5 Å². The molecule has 104 valence electrons. The van der Waals surface area contributed by atoms with Crippen molar-refractivity contribution >= 4 is 33.3 Å². The molecule has 0 aliphatic heterocycles. The number of nitrogens with two attached hydrogens (primary N) is 2. The van der Waals surface area contributed by atoms with E-state index in [0.29, 0.717) is 18.1 Å². The SMILES string of the molecule is CN(Cc1ccc(Br)cc1)c1nc(C(N)=O)ccc1N. The number of pyridine rings is 1. The summed E-state index contributed by atoms with van der Waals surface area (Å²) < 4.78 is 1.03. The number of carbonyl (C=O) groups excluding carboxylic acids is 1. The minimum absolute atomic E-state index is 0.205. The second-order valence-corrected chi connectivity index (χ2v) is 5.37. The second kappa shape index (κ2) is 5.92. The van der Waals surface area contributed by atoms with Crippen molar-refractivity contribution < 1.29 is 4.79 Å². The van der Waals surface area contributed by atoms with E-state index < -0.39 is 5.91 Å². The molecule has 0 saturated carbocycles. The summed E-state index contributed by atoms with van der Waals surface area (Å²) in [5, 5.41) is 0. The highest BCUT2D eigenvalue weighted by Crippen LogP contribution is 2.22. The third-order valence-corrected chi connectivity index (χ3v) is 3.38. The Morgan fingerprint density at radius 3 is 2.50 bits per heavy atom. The molecule has 0 bridgehead atoms. The van der Waals surface area contributed by atoms with E-state index in [-0.39, 0.29) is 5.69 Å². The quantitative estimate of drug-likeness (QED) is 0.897. The molecular formula is C14H15BrN4O. The molecule has 20 heavy (non-hydrogen) atoms. The maximum atomic E-state index is 11.2. The lowest BCUT2D eigenvalue weighted by Crippen LogP contribution is -2.21. The summed E-state index contributed by atoms with van der Waals surface area (Å²) >= 11 is 3.40. The van der Waals surface area contributed by atoms with E-state index in [9.17, 15) is 4.79 Å². The van der Waals surface area contributed by atoms with Crippen LogP contribution in [0, 0.1) is 0 Å². The molecular weight excluding hydrogens is 320 g/mol. The molecule has 0 saturated heterocycles. The van der Waals surface area contributed by atoms with Crippen LogP contribution in [0.2, 0.25) is 0 Å². The van der Waals surface area contributed by atoms with Crippen LogP contribution in [0.1, 0.15) is 16.1 Å². The fourth-order valence-corrected chi connectivity index (χ4v) is 2.11. The lowest BCUT2D eigenvalue weighted by atomic mass is 10.2. The van der Waals surface area contributed by atoms with Crippen LogP contribution in [0.5, 0.6) is 0 Å². The van der Waals surface area contributed by atoms with Gasteiger partial charge in [-0.2, -0.15) is 0 Å². The van der Waals surface area contributed by atoms with Crippen LogP contribution in [-0.2, 0) is 6.54 Å². The Morgan fingerprint density at radius 1 is 1.25 bits per heavy atom. The van der Waals surface area contributed by atoms with Crippen molar-refractivity contribution in [1.82, 2.24) is 4.98 Å². The van der Waals surface area contributed by atoms with Crippen LogP contribution in [-0.4, -0.2) is 17.9 Å². The molecule has 2 rings (SSSR count). The molecule has 1 aromatic heterocycles. The molecule has 0 aliphatic rings. The van der Waals surface area contributed by atoms with E-state index in [1.54, 1.807) is 6.07 Å². The fourth-order valence-electron chi connectivity index (χ4n) is 1.84. The van der Waals surface area contributed by atoms with E-state index in [1.807, 2.05) is 36.2 Å². The first-order valence-electron chi connectivity index (χ1n) is 5.99. The molecule has 0 unspecified atom stereocenters. The number of carbonyl (C=O) groups is 1. The molecule has 1 heterocycles. The third-order valence-electron chi connectivity index (χ3n) is 2.85. The zero-order valence-electron chi connectivity index (χ0n) is 11.0. The Kier molecular flexibility index (Phi) is 4.24. The normalized spacial score (nSPS) is 10.3. The average molecular weight is 335 g/mol. The Labute approximate surface area is 125 Å². The molecule has 1 aromatic carbocycles. The highest BCUT2D eigenvalue weighted by molar-refractivity contribution is 9.10.